The van der Waals surface area contributed by atoms with E-state index in [0.29, 0.717) is 36.6 Å². The minimum Gasteiger partial charge on any atom is -0.493 e. The van der Waals surface area contributed by atoms with Crippen molar-refractivity contribution < 1.29 is 28.8 Å². The Morgan fingerprint density at radius 2 is 1.85 bits per heavy atom. The average molecular weight is 538 g/mol. The Balaban J connectivity index is 1.51. The zero-order chi connectivity index (χ0) is 27.9. The largest absolute Gasteiger partial charge is 0.493 e. The van der Waals surface area contributed by atoms with Gasteiger partial charge >= 0.3 is 6.03 Å². The molecular formula is C27H31N5O7. The molecule has 206 valence electrons. The van der Waals surface area contributed by atoms with Gasteiger partial charge < -0.3 is 14.4 Å². The number of imide groups is 2. The first kappa shape index (κ1) is 26.4. The Hall–Kier alpha value is -4.19. The number of barbiturate groups is 1. The molecule has 5 rings (SSSR count). The van der Waals surface area contributed by atoms with Crippen molar-refractivity contribution in [3.05, 3.63) is 57.6 Å². The molecule has 2 aromatic carbocycles. The van der Waals surface area contributed by atoms with Gasteiger partial charge in [-0.05, 0) is 42.3 Å². The summed E-state index contributed by atoms with van der Waals surface area (Å²) in [4.78, 5) is 57.2. The van der Waals surface area contributed by atoms with Crippen molar-refractivity contribution in [2.45, 2.75) is 25.8 Å². The normalized spacial score (nSPS) is 22.8. The molecule has 2 aromatic rings. The van der Waals surface area contributed by atoms with Crippen LogP contribution in [-0.4, -0.2) is 85.6 Å². The molecule has 12 heteroatoms. The summed E-state index contributed by atoms with van der Waals surface area (Å²) < 4.78 is 10.7. The van der Waals surface area contributed by atoms with Gasteiger partial charge in [-0.2, -0.15) is 0 Å². The summed E-state index contributed by atoms with van der Waals surface area (Å²) in [5.74, 6) is -0.156. The van der Waals surface area contributed by atoms with Gasteiger partial charge in [-0.25, -0.2) is 4.79 Å². The van der Waals surface area contributed by atoms with Gasteiger partial charge in [0.15, 0.2) is 16.9 Å². The fourth-order valence-corrected chi connectivity index (χ4v) is 6.00. The molecule has 39 heavy (non-hydrogen) atoms. The van der Waals surface area contributed by atoms with E-state index in [0.717, 1.165) is 29.2 Å². The Morgan fingerprint density at radius 1 is 1.08 bits per heavy atom. The number of piperazine rings is 1. The maximum Gasteiger partial charge on any atom is 0.330 e. The summed E-state index contributed by atoms with van der Waals surface area (Å²) in [6.07, 6.45) is 0.300. The van der Waals surface area contributed by atoms with Crippen LogP contribution in [0.3, 0.4) is 0 Å². The fraction of sp³-hybridized carbons (Fsp3) is 0.444. The van der Waals surface area contributed by atoms with E-state index in [4.69, 9.17) is 9.47 Å². The lowest BCUT2D eigenvalue weighted by Crippen LogP contribution is -2.75. The summed E-state index contributed by atoms with van der Waals surface area (Å²) >= 11 is 0. The van der Waals surface area contributed by atoms with Crippen LogP contribution < -0.4 is 19.7 Å². The lowest BCUT2D eigenvalue weighted by Gasteiger charge is -2.55. The zero-order valence-corrected chi connectivity index (χ0v) is 22.1. The predicted octanol–water partition coefficient (Wildman–Crippen LogP) is 1.99. The van der Waals surface area contributed by atoms with E-state index in [1.54, 1.807) is 18.2 Å². The minimum atomic E-state index is -1.61. The summed E-state index contributed by atoms with van der Waals surface area (Å²) in [6.45, 7) is 4.52. The van der Waals surface area contributed by atoms with Crippen molar-refractivity contribution in [3.63, 3.8) is 0 Å². The van der Waals surface area contributed by atoms with Crippen LogP contribution in [0.4, 0.5) is 16.2 Å². The van der Waals surface area contributed by atoms with E-state index in [-0.39, 0.29) is 18.7 Å². The first-order valence-electron chi connectivity index (χ1n) is 12.9. The van der Waals surface area contributed by atoms with Gasteiger partial charge in [-0.3, -0.25) is 34.8 Å². The van der Waals surface area contributed by atoms with Crippen molar-refractivity contribution >= 4 is 29.2 Å². The van der Waals surface area contributed by atoms with Crippen LogP contribution in [0.5, 0.6) is 11.5 Å². The molecule has 0 saturated carbocycles. The number of nitro groups is 1. The second-order valence-electron chi connectivity index (χ2n) is 9.98. The Labute approximate surface area is 225 Å². The lowest BCUT2D eigenvalue weighted by molar-refractivity contribution is -0.384. The second-order valence-corrected chi connectivity index (χ2v) is 9.98. The third kappa shape index (κ3) is 4.34. The third-order valence-electron chi connectivity index (χ3n) is 8.10. The highest BCUT2D eigenvalue weighted by Crippen LogP contribution is 2.46. The topological polar surface area (TPSA) is 135 Å². The number of hydrogen-bond acceptors (Lipinski definition) is 9. The summed E-state index contributed by atoms with van der Waals surface area (Å²) in [6, 6.07) is 8.63. The van der Waals surface area contributed by atoms with Crippen molar-refractivity contribution in [3.8, 4) is 11.5 Å². The van der Waals surface area contributed by atoms with Crippen LogP contribution in [0.25, 0.3) is 0 Å². The number of anilines is 1. The Morgan fingerprint density at radius 3 is 2.54 bits per heavy atom. The third-order valence-corrected chi connectivity index (χ3v) is 8.10. The van der Waals surface area contributed by atoms with Gasteiger partial charge in [0.2, 0.25) is 11.8 Å². The van der Waals surface area contributed by atoms with E-state index >= 15 is 0 Å². The molecule has 4 amide bonds. The molecule has 0 aromatic heterocycles. The molecule has 1 N–H and O–H groups in total. The number of ether oxygens (including phenoxy) is 2. The first-order chi connectivity index (χ1) is 18.7. The highest BCUT2D eigenvalue weighted by Gasteiger charge is 2.62. The average Bonchev–Trinajstić information content (AvgIpc) is 2.94. The van der Waals surface area contributed by atoms with E-state index in [9.17, 15) is 24.5 Å². The van der Waals surface area contributed by atoms with Crippen LogP contribution in [0, 0.1) is 15.5 Å². The van der Waals surface area contributed by atoms with Crippen molar-refractivity contribution in [2.75, 3.05) is 51.8 Å². The van der Waals surface area contributed by atoms with E-state index in [1.165, 1.54) is 26.4 Å². The standard InChI is InChI=1S/C27H31N5O7/c1-4-29-11-12-30-20-7-6-19(32(36)37)14-18(20)15-27(23(30)16-29)24(33)28-26(35)31(25(27)34)10-9-17-5-8-21(38-2)22(13-17)39-3/h5-8,13-14,23H,4,9-12,15-16H2,1-3H3,(H,28,33,35)/t23-,27+/m0/s1. The van der Waals surface area contributed by atoms with E-state index in [2.05, 4.69) is 10.2 Å². The number of nitrogens with one attached hydrogen (secondary N) is 1. The molecule has 0 bridgehead atoms. The van der Waals surface area contributed by atoms with Gasteiger partial charge in [0.1, 0.15) is 0 Å². The number of nitro benzene ring substituents is 1. The predicted molar refractivity (Wildman–Crippen MR) is 141 cm³/mol. The van der Waals surface area contributed by atoms with Crippen LogP contribution >= 0.6 is 0 Å². The highest BCUT2D eigenvalue weighted by atomic mass is 16.6. The number of rotatable bonds is 7. The van der Waals surface area contributed by atoms with Gasteiger partial charge in [0.05, 0.1) is 25.2 Å². The zero-order valence-electron chi connectivity index (χ0n) is 22.1. The number of urea groups is 1. The number of non-ortho nitro benzene ring substituents is 1. The number of likely N-dealkylation sites (N-methyl/N-ethyl adjacent to an activating group) is 1. The van der Waals surface area contributed by atoms with Crippen LogP contribution in [-0.2, 0) is 22.4 Å². The number of benzene rings is 2. The molecule has 3 heterocycles. The smallest absolute Gasteiger partial charge is 0.330 e. The number of methoxy groups -OCH3 is 2. The maximum absolute atomic E-state index is 14.3. The van der Waals surface area contributed by atoms with Gasteiger partial charge in [0.25, 0.3) is 5.69 Å². The fourth-order valence-electron chi connectivity index (χ4n) is 6.00. The summed E-state index contributed by atoms with van der Waals surface area (Å²) in [5, 5.41) is 14.0. The highest BCUT2D eigenvalue weighted by molar-refractivity contribution is 6.20. The molecule has 0 aliphatic carbocycles. The number of fused-ring (bicyclic) bond motifs is 4. The second kappa shape index (κ2) is 10.2. The number of nitrogens with zero attached hydrogens (tertiary/aromatic N) is 4. The minimum absolute atomic E-state index is 0.0342. The molecule has 1 spiro atoms. The van der Waals surface area contributed by atoms with E-state index in [1.807, 2.05) is 17.9 Å². The molecule has 3 aliphatic heterocycles. The van der Waals surface area contributed by atoms with Crippen molar-refractivity contribution in [1.29, 1.82) is 0 Å². The molecule has 2 saturated heterocycles. The van der Waals surface area contributed by atoms with Gasteiger partial charge in [-0.1, -0.05) is 13.0 Å². The molecular weight excluding hydrogens is 506 g/mol. The number of hydrogen-bond donors (Lipinski definition) is 1. The van der Waals surface area contributed by atoms with Gasteiger partial charge in [-0.15, -0.1) is 0 Å². The van der Waals surface area contributed by atoms with E-state index < -0.39 is 34.2 Å². The van der Waals surface area contributed by atoms with Crippen LogP contribution in [0.2, 0.25) is 0 Å². The van der Waals surface area contributed by atoms with Gasteiger partial charge in [0, 0.05) is 50.4 Å². The number of carbonyl (C=O) groups is 3. The molecule has 0 unspecified atom stereocenters. The summed E-state index contributed by atoms with van der Waals surface area (Å²) in [5.41, 5.74) is 0.422. The maximum atomic E-state index is 14.3. The SMILES string of the molecule is CCN1CCN2c3ccc([N+](=O)[O-])cc3C[C@]3(C(=O)NC(=O)N(CCc4ccc(OC)c(OC)c4)C3=O)[C@@H]2C1. The molecule has 0 radical (unpaired) electrons. The molecule has 12 nitrogen and oxygen atoms in total. The van der Waals surface area contributed by atoms with Crippen LogP contribution in [0.1, 0.15) is 18.1 Å². The van der Waals surface area contributed by atoms with Crippen LogP contribution in [0.15, 0.2) is 36.4 Å². The first-order valence-corrected chi connectivity index (χ1v) is 12.9. The quantitative estimate of drug-likeness (QED) is 0.320. The number of amides is 4. The van der Waals surface area contributed by atoms with Crippen molar-refractivity contribution in [2.24, 2.45) is 5.41 Å². The lowest BCUT2D eigenvalue weighted by atomic mass is 9.67. The Bertz CT molecular complexity index is 1350. The monoisotopic (exact) mass is 537 g/mol. The Kier molecular flexibility index (Phi) is 6.89. The molecule has 3 aliphatic rings. The molecule has 2 atom stereocenters. The van der Waals surface area contributed by atoms with Crippen molar-refractivity contribution in [1.82, 2.24) is 15.1 Å². The molecule has 2 fully saturated rings. The number of carbonyl (C=O) groups excluding carboxylic acids is 3. The summed E-state index contributed by atoms with van der Waals surface area (Å²) in [7, 11) is 3.06.